The van der Waals surface area contributed by atoms with Crippen molar-refractivity contribution >= 4 is 16.8 Å². The van der Waals surface area contributed by atoms with Crippen LogP contribution in [-0.4, -0.2) is 29.1 Å². The molecule has 1 aromatic heterocycles. The molecule has 0 bridgehead atoms. The Morgan fingerprint density at radius 1 is 1.42 bits per heavy atom. The number of H-pyrrole nitrogens is 1. The van der Waals surface area contributed by atoms with E-state index in [0.29, 0.717) is 25.9 Å². The van der Waals surface area contributed by atoms with Gasteiger partial charge in [-0.15, -0.1) is 0 Å². The topological polar surface area (TPSA) is 91.1 Å². The summed E-state index contributed by atoms with van der Waals surface area (Å²) in [5.41, 5.74) is 7.43. The van der Waals surface area contributed by atoms with Crippen LogP contribution < -0.4 is 11.1 Å². The van der Waals surface area contributed by atoms with Crippen LogP contribution in [0.15, 0.2) is 24.4 Å². The van der Waals surface area contributed by atoms with Gasteiger partial charge in [0.2, 0.25) is 5.91 Å². The Morgan fingerprint density at radius 2 is 2.26 bits per heavy atom. The Hall–Kier alpha value is -2.01. The quantitative estimate of drug-likeness (QED) is 0.631. The summed E-state index contributed by atoms with van der Waals surface area (Å²) in [5.74, 6) is 0.286. The molecule has 1 aromatic carbocycles. The normalized spacial score (nSPS) is 10.8. The number of rotatable bonds is 6. The van der Waals surface area contributed by atoms with E-state index in [0.717, 1.165) is 22.9 Å². The smallest absolute Gasteiger partial charge is 0.220 e. The number of carbonyl (C=O) groups is 1. The van der Waals surface area contributed by atoms with Crippen molar-refractivity contribution in [2.75, 3.05) is 13.1 Å². The molecule has 5 nitrogen and oxygen atoms in total. The lowest BCUT2D eigenvalue weighted by molar-refractivity contribution is -0.121. The number of carbonyl (C=O) groups excluding carboxylic acids is 1. The van der Waals surface area contributed by atoms with Crippen LogP contribution >= 0.6 is 0 Å². The van der Waals surface area contributed by atoms with E-state index in [9.17, 15) is 9.90 Å². The van der Waals surface area contributed by atoms with Crippen LogP contribution in [0.3, 0.4) is 0 Å². The van der Waals surface area contributed by atoms with Crippen molar-refractivity contribution in [3.05, 3.63) is 30.0 Å². The van der Waals surface area contributed by atoms with E-state index in [-0.39, 0.29) is 11.7 Å². The number of aromatic amines is 1. The first kappa shape index (κ1) is 13.4. The van der Waals surface area contributed by atoms with Crippen LogP contribution in [0, 0.1) is 0 Å². The molecule has 0 fully saturated rings. The third-order valence-corrected chi connectivity index (χ3v) is 3.08. The Labute approximate surface area is 111 Å². The number of amides is 1. The standard InChI is InChI=1S/C14H19N3O2/c15-6-1-2-14(19)16-7-5-10-9-17-13-4-3-11(18)8-12(10)13/h3-4,8-9,17-18H,1-2,5-7,15H2,(H,16,19). The summed E-state index contributed by atoms with van der Waals surface area (Å²) in [4.78, 5) is 14.6. The van der Waals surface area contributed by atoms with Gasteiger partial charge in [-0.2, -0.15) is 0 Å². The van der Waals surface area contributed by atoms with Gasteiger partial charge in [0, 0.05) is 30.1 Å². The molecule has 0 radical (unpaired) electrons. The number of aromatic hydroxyl groups is 1. The number of hydrogen-bond donors (Lipinski definition) is 4. The number of hydrogen-bond acceptors (Lipinski definition) is 3. The van der Waals surface area contributed by atoms with Gasteiger partial charge in [0.15, 0.2) is 0 Å². The fourth-order valence-electron chi connectivity index (χ4n) is 2.06. The molecule has 102 valence electrons. The molecule has 0 aliphatic carbocycles. The number of aromatic nitrogens is 1. The molecule has 1 amide bonds. The van der Waals surface area contributed by atoms with Crippen molar-refractivity contribution < 1.29 is 9.90 Å². The Morgan fingerprint density at radius 3 is 3.05 bits per heavy atom. The molecule has 5 heteroatoms. The first-order valence-electron chi connectivity index (χ1n) is 6.46. The van der Waals surface area contributed by atoms with Crippen molar-refractivity contribution in [2.45, 2.75) is 19.3 Å². The number of phenols is 1. The van der Waals surface area contributed by atoms with Gasteiger partial charge in [0.25, 0.3) is 0 Å². The van der Waals surface area contributed by atoms with Gasteiger partial charge in [-0.05, 0) is 43.1 Å². The summed E-state index contributed by atoms with van der Waals surface area (Å²) in [5, 5.41) is 13.3. The third kappa shape index (κ3) is 3.48. The van der Waals surface area contributed by atoms with Crippen LogP contribution in [0.4, 0.5) is 0 Å². The predicted molar refractivity (Wildman–Crippen MR) is 75.0 cm³/mol. The summed E-state index contributed by atoms with van der Waals surface area (Å²) in [6, 6.07) is 5.22. The average Bonchev–Trinajstić information content (AvgIpc) is 2.79. The van der Waals surface area contributed by atoms with E-state index in [1.165, 1.54) is 0 Å². The Bertz CT molecular complexity index is 563. The number of nitrogens with two attached hydrogens (primary N) is 1. The molecular formula is C14H19N3O2. The SMILES string of the molecule is NCCCC(=O)NCCc1c[nH]c2ccc(O)cc12. The molecule has 0 aliphatic rings. The van der Waals surface area contributed by atoms with E-state index < -0.39 is 0 Å². The number of nitrogens with one attached hydrogen (secondary N) is 2. The van der Waals surface area contributed by atoms with Crippen LogP contribution in [0.5, 0.6) is 5.75 Å². The van der Waals surface area contributed by atoms with E-state index >= 15 is 0 Å². The lowest BCUT2D eigenvalue weighted by Gasteiger charge is -2.04. The van der Waals surface area contributed by atoms with Crippen LogP contribution in [-0.2, 0) is 11.2 Å². The molecule has 0 saturated heterocycles. The molecule has 1 heterocycles. The highest BCUT2D eigenvalue weighted by Gasteiger charge is 2.05. The zero-order valence-electron chi connectivity index (χ0n) is 10.8. The minimum Gasteiger partial charge on any atom is -0.508 e. The molecular weight excluding hydrogens is 242 g/mol. The lowest BCUT2D eigenvalue weighted by Crippen LogP contribution is -2.25. The molecule has 5 N–H and O–H groups in total. The minimum atomic E-state index is 0.0353. The monoisotopic (exact) mass is 261 g/mol. The third-order valence-electron chi connectivity index (χ3n) is 3.08. The number of phenolic OH excluding ortho intramolecular Hbond substituents is 1. The summed E-state index contributed by atoms with van der Waals surface area (Å²) in [7, 11) is 0. The second-order valence-electron chi connectivity index (χ2n) is 4.54. The number of fused-ring (bicyclic) bond motifs is 1. The van der Waals surface area contributed by atoms with Gasteiger partial charge in [-0.1, -0.05) is 0 Å². The first-order chi connectivity index (χ1) is 9.20. The van der Waals surface area contributed by atoms with Gasteiger partial charge >= 0.3 is 0 Å². The van der Waals surface area contributed by atoms with Gasteiger partial charge in [-0.25, -0.2) is 0 Å². The summed E-state index contributed by atoms with van der Waals surface area (Å²) >= 11 is 0. The molecule has 0 saturated carbocycles. The van der Waals surface area contributed by atoms with Gasteiger partial charge in [0.05, 0.1) is 0 Å². The van der Waals surface area contributed by atoms with Gasteiger partial charge in [-0.3, -0.25) is 4.79 Å². The van der Waals surface area contributed by atoms with Gasteiger partial charge < -0.3 is 21.1 Å². The second kappa shape index (κ2) is 6.24. The summed E-state index contributed by atoms with van der Waals surface area (Å²) in [6.45, 7) is 1.13. The highest BCUT2D eigenvalue weighted by atomic mass is 16.3. The van der Waals surface area contributed by atoms with Crippen molar-refractivity contribution in [1.29, 1.82) is 0 Å². The maximum absolute atomic E-state index is 11.4. The lowest BCUT2D eigenvalue weighted by atomic mass is 10.1. The predicted octanol–water partition coefficient (Wildman–Crippen LogP) is 1.27. The zero-order chi connectivity index (χ0) is 13.7. The van der Waals surface area contributed by atoms with Crippen LogP contribution in [0.25, 0.3) is 10.9 Å². The van der Waals surface area contributed by atoms with Crippen molar-refractivity contribution in [2.24, 2.45) is 5.73 Å². The second-order valence-corrected chi connectivity index (χ2v) is 4.54. The average molecular weight is 261 g/mol. The highest BCUT2D eigenvalue weighted by Crippen LogP contribution is 2.22. The summed E-state index contributed by atoms with van der Waals surface area (Å²) in [6.07, 6.45) is 3.84. The fraction of sp³-hybridized carbons (Fsp3) is 0.357. The minimum absolute atomic E-state index is 0.0353. The maximum atomic E-state index is 11.4. The largest absolute Gasteiger partial charge is 0.508 e. The highest BCUT2D eigenvalue weighted by molar-refractivity contribution is 5.84. The number of benzene rings is 1. The van der Waals surface area contributed by atoms with E-state index in [4.69, 9.17) is 5.73 Å². The van der Waals surface area contributed by atoms with Crippen molar-refractivity contribution in [3.63, 3.8) is 0 Å². The molecule has 0 aliphatic heterocycles. The molecule has 19 heavy (non-hydrogen) atoms. The zero-order valence-corrected chi connectivity index (χ0v) is 10.8. The summed E-state index contributed by atoms with van der Waals surface area (Å²) < 4.78 is 0. The molecule has 2 rings (SSSR count). The van der Waals surface area contributed by atoms with E-state index in [1.54, 1.807) is 12.1 Å². The molecule has 0 unspecified atom stereocenters. The van der Waals surface area contributed by atoms with E-state index in [1.807, 2.05) is 12.3 Å². The van der Waals surface area contributed by atoms with Crippen molar-refractivity contribution in [3.8, 4) is 5.75 Å². The molecule has 0 spiro atoms. The Kier molecular flexibility index (Phi) is 4.41. The van der Waals surface area contributed by atoms with Crippen LogP contribution in [0.1, 0.15) is 18.4 Å². The maximum Gasteiger partial charge on any atom is 0.220 e. The molecule has 2 aromatic rings. The van der Waals surface area contributed by atoms with E-state index in [2.05, 4.69) is 10.3 Å². The Balaban J connectivity index is 1.91. The van der Waals surface area contributed by atoms with Gasteiger partial charge in [0.1, 0.15) is 5.75 Å². The van der Waals surface area contributed by atoms with Crippen LogP contribution in [0.2, 0.25) is 0 Å². The first-order valence-corrected chi connectivity index (χ1v) is 6.46. The molecule has 0 atom stereocenters. The van der Waals surface area contributed by atoms with Crippen molar-refractivity contribution in [1.82, 2.24) is 10.3 Å². The fourth-order valence-corrected chi connectivity index (χ4v) is 2.06.